The highest BCUT2D eigenvalue weighted by Crippen LogP contribution is 2.27. The maximum atomic E-state index is 11.8. The number of pyridine rings is 1. The highest BCUT2D eigenvalue weighted by molar-refractivity contribution is 6.31. The van der Waals surface area contributed by atoms with E-state index in [1.54, 1.807) is 42.7 Å². The van der Waals surface area contributed by atoms with Crippen molar-refractivity contribution in [3.63, 3.8) is 0 Å². The van der Waals surface area contributed by atoms with Crippen LogP contribution in [0.3, 0.4) is 0 Å². The Labute approximate surface area is 122 Å². The summed E-state index contributed by atoms with van der Waals surface area (Å²) in [6, 6.07) is 8.69. The van der Waals surface area contributed by atoms with Gasteiger partial charge in [0.05, 0.1) is 12.8 Å². The van der Waals surface area contributed by atoms with Crippen LogP contribution in [0.4, 0.5) is 5.69 Å². The standard InChI is InChI=1S/C15H13ClN2O2/c1-20-14-6-5-12(16)9-13(14)18-15(19)7-4-11-3-2-8-17-10-11/h2-10H,1H3,(H,18,19)/b7-4+. The van der Waals surface area contributed by atoms with Crippen LogP contribution in [0.25, 0.3) is 6.08 Å². The molecule has 0 saturated carbocycles. The first-order valence-corrected chi connectivity index (χ1v) is 6.29. The van der Waals surface area contributed by atoms with E-state index in [1.165, 1.54) is 13.2 Å². The summed E-state index contributed by atoms with van der Waals surface area (Å²) in [6.45, 7) is 0. The Morgan fingerprint density at radius 2 is 2.25 bits per heavy atom. The van der Waals surface area contributed by atoms with E-state index in [-0.39, 0.29) is 5.91 Å². The first kappa shape index (κ1) is 14.1. The molecule has 0 aliphatic carbocycles. The zero-order chi connectivity index (χ0) is 14.4. The summed E-state index contributed by atoms with van der Waals surface area (Å²) >= 11 is 5.90. The third-order valence-corrected chi connectivity index (χ3v) is 2.77. The van der Waals surface area contributed by atoms with Crippen molar-refractivity contribution in [1.29, 1.82) is 0 Å². The van der Waals surface area contributed by atoms with Gasteiger partial charge >= 0.3 is 0 Å². The molecule has 1 N–H and O–H groups in total. The van der Waals surface area contributed by atoms with Crippen LogP contribution in [-0.4, -0.2) is 18.0 Å². The van der Waals surface area contributed by atoms with E-state index in [2.05, 4.69) is 10.3 Å². The van der Waals surface area contributed by atoms with Crippen molar-refractivity contribution in [1.82, 2.24) is 4.98 Å². The van der Waals surface area contributed by atoms with Crippen LogP contribution in [0.2, 0.25) is 5.02 Å². The molecule has 0 aliphatic heterocycles. The van der Waals surface area contributed by atoms with Crippen LogP contribution in [-0.2, 0) is 4.79 Å². The number of rotatable bonds is 4. The van der Waals surface area contributed by atoms with E-state index in [4.69, 9.17) is 16.3 Å². The van der Waals surface area contributed by atoms with Crippen molar-refractivity contribution in [2.75, 3.05) is 12.4 Å². The number of halogens is 1. The van der Waals surface area contributed by atoms with E-state index >= 15 is 0 Å². The summed E-state index contributed by atoms with van der Waals surface area (Å²) in [7, 11) is 1.53. The predicted octanol–water partition coefficient (Wildman–Crippen LogP) is 3.40. The molecule has 102 valence electrons. The smallest absolute Gasteiger partial charge is 0.248 e. The zero-order valence-corrected chi connectivity index (χ0v) is 11.6. The van der Waals surface area contributed by atoms with Crippen LogP contribution >= 0.6 is 11.6 Å². The zero-order valence-electron chi connectivity index (χ0n) is 10.8. The molecule has 0 unspecified atom stereocenters. The minimum absolute atomic E-state index is 0.269. The number of hydrogen-bond donors (Lipinski definition) is 1. The summed E-state index contributed by atoms with van der Waals surface area (Å²) in [4.78, 5) is 15.8. The minimum Gasteiger partial charge on any atom is -0.495 e. The van der Waals surface area contributed by atoms with Crippen LogP contribution in [0, 0.1) is 0 Å². The molecular formula is C15H13ClN2O2. The normalized spacial score (nSPS) is 10.5. The average Bonchev–Trinajstić information content (AvgIpc) is 2.46. The lowest BCUT2D eigenvalue weighted by Gasteiger charge is -2.08. The molecule has 0 aliphatic rings. The SMILES string of the molecule is COc1ccc(Cl)cc1NC(=O)/C=C/c1cccnc1. The number of methoxy groups -OCH3 is 1. The summed E-state index contributed by atoms with van der Waals surface area (Å²) in [5.41, 5.74) is 1.38. The molecule has 0 radical (unpaired) electrons. The number of anilines is 1. The van der Waals surface area contributed by atoms with Gasteiger partial charge in [0.1, 0.15) is 5.75 Å². The largest absolute Gasteiger partial charge is 0.495 e. The number of amides is 1. The van der Waals surface area contributed by atoms with E-state index in [0.29, 0.717) is 16.5 Å². The number of nitrogens with one attached hydrogen (secondary N) is 1. The molecule has 1 aromatic heterocycles. The Kier molecular flexibility index (Phi) is 4.74. The number of carbonyl (C=O) groups is 1. The van der Waals surface area contributed by atoms with Crippen LogP contribution in [0.1, 0.15) is 5.56 Å². The van der Waals surface area contributed by atoms with Gasteiger partial charge in [-0.2, -0.15) is 0 Å². The van der Waals surface area contributed by atoms with Gasteiger partial charge in [0, 0.05) is 23.5 Å². The van der Waals surface area contributed by atoms with Crippen LogP contribution in [0.5, 0.6) is 5.75 Å². The maximum Gasteiger partial charge on any atom is 0.248 e. The molecule has 2 aromatic rings. The molecule has 0 bridgehead atoms. The highest BCUT2D eigenvalue weighted by Gasteiger charge is 2.06. The lowest BCUT2D eigenvalue weighted by atomic mass is 10.2. The van der Waals surface area contributed by atoms with Gasteiger partial charge in [0.2, 0.25) is 5.91 Å². The molecule has 1 aromatic carbocycles. The van der Waals surface area contributed by atoms with Gasteiger partial charge in [0.15, 0.2) is 0 Å². The molecule has 0 atom stereocenters. The van der Waals surface area contributed by atoms with Crippen molar-refractivity contribution in [3.05, 3.63) is 59.4 Å². The van der Waals surface area contributed by atoms with E-state index in [0.717, 1.165) is 5.56 Å². The van der Waals surface area contributed by atoms with Crippen molar-refractivity contribution < 1.29 is 9.53 Å². The van der Waals surface area contributed by atoms with E-state index < -0.39 is 0 Å². The van der Waals surface area contributed by atoms with Gasteiger partial charge in [-0.25, -0.2) is 0 Å². The Balaban J connectivity index is 2.08. The van der Waals surface area contributed by atoms with Gasteiger partial charge in [-0.1, -0.05) is 17.7 Å². The number of nitrogens with zero attached hydrogens (tertiary/aromatic N) is 1. The van der Waals surface area contributed by atoms with E-state index in [9.17, 15) is 4.79 Å². The third kappa shape index (κ3) is 3.83. The fraction of sp³-hybridized carbons (Fsp3) is 0.0667. The number of ether oxygens (including phenoxy) is 1. The summed E-state index contributed by atoms with van der Waals surface area (Å²) in [5.74, 6) is 0.284. The van der Waals surface area contributed by atoms with Crippen molar-refractivity contribution in [2.24, 2.45) is 0 Å². The van der Waals surface area contributed by atoms with Crippen molar-refractivity contribution >= 4 is 29.3 Å². The van der Waals surface area contributed by atoms with Crippen molar-refractivity contribution in [3.8, 4) is 5.75 Å². The Bertz CT molecular complexity index is 627. The fourth-order valence-corrected chi connectivity index (χ4v) is 1.77. The topological polar surface area (TPSA) is 51.2 Å². The average molecular weight is 289 g/mol. The minimum atomic E-state index is -0.269. The summed E-state index contributed by atoms with van der Waals surface area (Å²) in [6.07, 6.45) is 6.45. The molecule has 0 saturated heterocycles. The predicted molar refractivity (Wildman–Crippen MR) is 79.9 cm³/mol. The first-order valence-electron chi connectivity index (χ1n) is 5.91. The molecule has 1 amide bonds. The van der Waals surface area contributed by atoms with Gasteiger partial charge in [-0.05, 0) is 35.9 Å². The maximum absolute atomic E-state index is 11.8. The molecule has 1 heterocycles. The number of hydrogen-bond acceptors (Lipinski definition) is 3. The Hall–Kier alpha value is -2.33. The van der Waals surface area contributed by atoms with Crippen LogP contribution in [0.15, 0.2) is 48.8 Å². The second-order valence-electron chi connectivity index (χ2n) is 3.95. The molecule has 0 spiro atoms. The first-order chi connectivity index (χ1) is 9.69. The van der Waals surface area contributed by atoms with Gasteiger partial charge < -0.3 is 10.1 Å². The number of aromatic nitrogens is 1. The van der Waals surface area contributed by atoms with Crippen LogP contribution < -0.4 is 10.1 Å². The second kappa shape index (κ2) is 6.73. The number of carbonyl (C=O) groups excluding carboxylic acids is 1. The third-order valence-electron chi connectivity index (χ3n) is 2.53. The highest BCUT2D eigenvalue weighted by atomic mass is 35.5. The molecular weight excluding hydrogens is 276 g/mol. The summed E-state index contributed by atoms with van der Waals surface area (Å²) in [5, 5.41) is 3.24. The van der Waals surface area contributed by atoms with E-state index in [1.807, 2.05) is 6.07 Å². The molecule has 5 heteroatoms. The monoisotopic (exact) mass is 288 g/mol. The lowest BCUT2D eigenvalue weighted by molar-refractivity contribution is -0.111. The second-order valence-corrected chi connectivity index (χ2v) is 4.39. The number of benzene rings is 1. The van der Waals surface area contributed by atoms with Gasteiger partial charge in [-0.3, -0.25) is 9.78 Å². The molecule has 4 nitrogen and oxygen atoms in total. The fourth-order valence-electron chi connectivity index (χ4n) is 1.60. The van der Waals surface area contributed by atoms with Gasteiger partial charge in [-0.15, -0.1) is 0 Å². The Morgan fingerprint density at radius 3 is 2.95 bits per heavy atom. The molecule has 2 rings (SSSR count). The van der Waals surface area contributed by atoms with Gasteiger partial charge in [0.25, 0.3) is 0 Å². The summed E-state index contributed by atoms with van der Waals surface area (Å²) < 4.78 is 5.16. The van der Waals surface area contributed by atoms with Crippen molar-refractivity contribution in [2.45, 2.75) is 0 Å². The molecule has 0 fully saturated rings. The Morgan fingerprint density at radius 1 is 1.40 bits per heavy atom. The quantitative estimate of drug-likeness (QED) is 0.877. The molecule has 20 heavy (non-hydrogen) atoms. The lowest BCUT2D eigenvalue weighted by Crippen LogP contribution is -2.08.